The Bertz CT molecular complexity index is 585. The molecule has 0 saturated carbocycles. The van der Waals surface area contributed by atoms with Crippen molar-refractivity contribution in [2.45, 2.75) is 32.8 Å². The summed E-state index contributed by atoms with van der Waals surface area (Å²) < 4.78 is 5.37. The molecule has 0 spiro atoms. The highest BCUT2D eigenvalue weighted by Crippen LogP contribution is 2.22. The molecule has 3 nitrogen and oxygen atoms in total. The van der Waals surface area contributed by atoms with Gasteiger partial charge in [0.15, 0.2) is 0 Å². The second-order valence-electron chi connectivity index (χ2n) is 5.13. The van der Waals surface area contributed by atoms with Gasteiger partial charge in [0.2, 0.25) is 0 Å². The summed E-state index contributed by atoms with van der Waals surface area (Å²) in [6.07, 6.45) is 1.81. The van der Waals surface area contributed by atoms with E-state index in [1.54, 1.807) is 24.3 Å². The maximum atomic E-state index is 12.0. The first-order valence-electron chi connectivity index (χ1n) is 7.20. The Morgan fingerprint density at radius 3 is 2.10 bits per heavy atom. The molecule has 0 aliphatic heterocycles. The van der Waals surface area contributed by atoms with Gasteiger partial charge in [-0.1, -0.05) is 37.6 Å². The Labute approximate surface area is 125 Å². The normalized spacial score (nSPS) is 11.9. The van der Waals surface area contributed by atoms with Crippen LogP contribution in [0, 0.1) is 0 Å². The van der Waals surface area contributed by atoms with Gasteiger partial charge in [-0.05, 0) is 48.7 Å². The van der Waals surface area contributed by atoms with Gasteiger partial charge in [0, 0.05) is 0 Å². The topological polar surface area (TPSA) is 46.5 Å². The molecular formula is C18H20O3. The van der Waals surface area contributed by atoms with E-state index in [0.29, 0.717) is 5.56 Å². The minimum absolute atomic E-state index is 0.0562. The molecule has 0 amide bonds. The summed E-state index contributed by atoms with van der Waals surface area (Å²) in [6, 6.07) is 14.3. The largest absolute Gasteiger partial charge is 0.508 e. The van der Waals surface area contributed by atoms with Gasteiger partial charge in [-0.25, -0.2) is 4.79 Å². The second kappa shape index (κ2) is 6.93. The zero-order chi connectivity index (χ0) is 15.2. The molecule has 2 aromatic carbocycles. The summed E-state index contributed by atoms with van der Waals surface area (Å²) in [5, 5.41) is 9.29. The highest BCUT2D eigenvalue weighted by atomic mass is 16.5. The molecule has 1 N–H and O–H groups in total. The molecule has 3 heteroatoms. The van der Waals surface area contributed by atoms with Crippen LogP contribution in [0.4, 0.5) is 0 Å². The first-order valence-corrected chi connectivity index (χ1v) is 7.20. The molecule has 0 fully saturated rings. The van der Waals surface area contributed by atoms with Gasteiger partial charge in [-0.3, -0.25) is 0 Å². The highest BCUT2D eigenvalue weighted by Gasteiger charge is 2.11. The molecule has 0 radical (unpaired) electrons. The summed E-state index contributed by atoms with van der Waals surface area (Å²) >= 11 is 0. The zero-order valence-corrected chi connectivity index (χ0v) is 12.4. The number of phenols is 1. The van der Waals surface area contributed by atoms with Crippen molar-refractivity contribution in [3.05, 3.63) is 54.1 Å². The highest BCUT2D eigenvalue weighted by molar-refractivity contribution is 5.90. The van der Waals surface area contributed by atoms with Crippen LogP contribution in [0.5, 0.6) is 5.75 Å². The molecular weight excluding hydrogens is 264 g/mol. The quantitative estimate of drug-likeness (QED) is 0.827. The van der Waals surface area contributed by atoms with Gasteiger partial charge >= 0.3 is 5.97 Å². The average Bonchev–Trinajstić information content (AvgIpc) is 2.48. The van der Waals surface area contributed by atoms with Crippen LogP contribution in [0.15, 0.2) is 48.5 Å². The fraction of sp³-hybridized carbons (Fsp3) is 0.278. The monoisotopic (exact) mass is 284 g/mol. The molecule has 0 saturated heterocycles. The van der Waals surface area contributed by atoms with Gasteiger partial charge in [-0.15, -0.1) is 0 Å². The lowest BCUT2D eigenvalue weighted by molar-refractivity contribution is 0.0323. The van der Waals surface area contributed by atoms with Crippen LogP contribution in [0.3, 0.4) is 0 Å². The molecule has 0 aliphatic carbocycles. The van der Waals surface area contributed by atoms with Crippen molar-refractivity contribution in [3.63, 3.8) is 0 Å². The predicted molar refractivity (Wildman–Crippen MR) is 83.3 cm³/mol. The van der Waals surface area contributed by atoms with Gasteiger partial charge in [-0.2, -0.15) is 0 Å². The molecule has 0 bridgehead atoms. The summed E-state index contributed by atoms with van der Waals surface area (Å²) in [5.74, 6) is -0.0444. The number of hydrogen-bond acceptors (Lipinski definition) is 3. The minimum atomic E-state index is -0.284. The number of carbonyl (C=O) groups is 1. The third kappa shape index (κ3) is 4.09. The van der Waals surface area contributed by atoms with Crippen molar-refractivity contribution in [2.24, 2.45) is 0 Å². The molecule has 1 atom stereocenters. The summed E-state index contributed by atoms with van der Waals surface area (Å²) in [4.78, 5) is 12.0. The zero-order valence-electron chi connectivity index (χ0n) is 12.4. The van der Waals surface area contributed by atoms with Gasteiger partial charge in [0.05, 0.1) is 11.7 Å². The van der Waals surface area contributed by atoms with Crippen LogP contribution in [-0.4, -0.2) is 17.2 Å². The van der Waals surface area contributed by atoms with E-state index in [0.717, 1.165) is 24.0 Å². The molecule has 110 valence electrons. The number of hydrogen-bond donors (Lipinski definition) is 1. The van der Waals surface area contributed by atoms with Crippen molar-refractivity contribution < 1.29 is 14.6 Å². The standard InChI is InChI=1S/C18H20O3/c1-3-4-13(2)21-18(20)16-7-5-14(6-8-16)15-9-11-17(19)12-10-15/h5-13,19H,3-4H2,1-2H3/t13-/m0/s1. The van der Waals surface area contributed by atoms with E-state index in [4.69, 9.17) is 4.74 Å². The Morgan fingerprint density at radius 1 is 1.05 bits per heavy atom. The van der Waals surface area contributed by atoms with E-state index in [2.05, 4.69) is 6.92 Å². The fourth-order valence-electron chi connectivity index (χ4n) is 2.17. The molecule has 0 aromatic heterocycles. The van der Waals surface area contributed by atoms with E-state index in [1.165, 1.54) is 0 Å². The van der Waals surface area contributed by atoms with Gasteiger partial charge in [0.1, 0.15) is 5.75 Å². The Morgan fingerprint density at radius 2 is 1.57 bits per heavy atom. The van der Waals surface area contributed by atoms with Gasteiger partial charge < -0.3 is 9.84 Å². The van der Waals surface area contributed by atoms with Crippen LogP contribution in [0.1, 0.15) is 37.0 Å². The Kier molecular flexibility index (Phi) is 4.99. The number of esters is 1. The third-order valence-electron chi connectivity index (χ3n) is 3.32. The number of carbonyl (C=O) groups excluding carboxylic acids is 1. The maximum Gasteiger partial charge on any atom is 0.338 e. The Hall–Kier alpha value is -2.29. The SMILES string of the molecule is CCC[C@H](C)OC(=O)c1ccc(-c2ccc(O)cc2)cc1. The van der Waals surface area contributed by atoms with Crippen LogP contribution in [0.2, 0.25) is 0 Å². The summed E-state index contributed by atoms with van der Waals surface area (Å²) in [5.41, 5.74) is 2.54. The van der Waals surface area contributed by atoms with Crippen molar-refractivity contribution in [2.75, 3.05) is 0 Å². The molecule has 0 unspecified atom stereocenters. The van der Waals surface area contributed by atoms with Crippen molar-refractivity contribution in [1.29, 1.82) is 0 Å². The molecule has 2 aromatic rings. The number of phenolic OH excluding ortho intramolecular Hbond substituents is 1. The first kappa shape index (κ1) is 15.1. The predicted octanol–water partition coefficient (Wildman–Crippen LogP) is 4.40. The van der Waals surface area contributed by atoms with E-state index < -0.39 is 0 Å². The van der Waals surface area contributed by atoms with Crippen LogP contribution < -0.4 is 0 Å². The average molecular weight is 284 g/mol. The molecule has 2 rings (SSSR count). The number of ether oxygens (including phenoxy) is 1. The maximum absolute atomic E-state index is 12.0. The van der Waals surface area contributed by atoms with E-state index >= 15 is 0 Å². The van der Waals surface area contributed by atoms with Crippen molar-refractivity contribution >= 4 is 5.97 Å². The van der Waals surface area contributed by atoms with Crippen LogP contribution >= 0.6 is 0 Å². The van der Waals surface area contributed by atoms with Crippen LogP contribution in [0.25, 0.3) is 11.1 Å². The lowest BCUT2D eigenvalue weighted by atomic mass is 10.0. The lowest BCUT2D eigenvalue weighted by Gasteiger charge is -2.12. The van der Waals surface area contributed by atoms with Crippen molar-refractivity contribution in [1.82, 2.24) is 0 Å². The first-order chi connectivity index (χ1) is 10.1. The smallest absolute Gasteiger partial charge is 0.338 e. The van der Waals surface area contributed by atoms with Crippen LogP contribution in [-0.2, 0) is 4.74 Å². The van der Waals surface area contributed by atoms with Gasteiger partial charge in [0.25, 0.3) is 0 Å². The molecule has 21 heavy (non-hydrogen) atoms. The van der Waals surface area contributed by atoms with Crippen molar-refractivity contribution in [3.8, 4) is 16.9 Å². The summed E-state index contributed by atoms with van der Waals surface area (Å²) in [6.45, 7) is 3.98. The van der Waals surface area contributed by atoms with E-state index in [9.17, 15) is 9.90 Å². The number of rotatable bonds is 5. The molecule has 0 aliphatic rings. The Balaban J connectivity index is 2.08. The molecule has 0 heterocycles. The minimum Gasteiger partial charge on any atom is -0.508 e. The van der Waals surface area contributed by atoms with E-state index in [-0.39, 0.29) is 17.8 Å². The number of aromatic hydroxyl groups is 1. The number of benzene rings is 2. The van der Waals surface area contributed by atoms with E-state index in [1.807, 2.05) is 31.2 Å². The fourth-order valence-corrected chi connectivity index (χ4v) is 2.17. The summed E-state index contributed by atoms with van der Waals surface area (Å²) in [7, 11) is 0. The third-order valence-corrected chi connectivity index (χ3v) is 3.32. The lowest BCUT2D eigenvalue weighted by Crippen LogP contribution is -2.14. The second-order valence-corrected chi connectivity index (χ2v) is 5.13.